The van der Waals surface area contributed by atoms with Crippen LogP contribution in [-0.2, 0) is 12.8 Å². The largest absolute Gasteiger partial charge is 0.440 e. The Balaban J connectivity index is 1.76. The van der Waals surface area contributed by atoms with Crippen molar-refractivity contribution in [2.45, 2.75) is 12.8 Å². The van der Waals surface area contributed by atoms with Crippen LogP contribution >= 0.6 is 0 Å². The standard InChI is InChI=1S/C16H11N3O3/c17-10-12-3-1-11(2-4-12)5-8-16-18-14-7-6-13(19(20)21)9-15(14)22-16/h1-4,6-7,9H,5,8H2. The summed E-state index contributed by atoms with van der Waals surface area (Å²) in [7, 11) is 0. The normalized spacial score (nSPS) is 10.5. The first kappa shape index (κ1) is 13.8. The molecular weight excluding hydrogens is 282 g/mol. The molecule has 6 nitrogen and oxygen atoms in total. The van der Waals surface area contributed by atoms with E-state index in [2.05, 4.69) is 11.1 Å². The zero-order valence-electron chi connectivity index (χ0n) is 11.5. The topological polar surface area (TPSA) is 93.0 Å². The van der Waals surface area contributed by atoms with Crippen LogP contribution in [0.4, 0.5) is 5.69 Å². The molecule has 0 bridgehead atoms. The fourth-order valence-electron chi connectivity index (χ4n) is 2.18. The Morgan fingerprint density at radius 1 is 1.18 bits per heavy atom. The van der Waals surface area contributed by atoms with E-state index in [4.69, 9.17) is 9.68 Å². The summed E-state index contributed by atoms with van der Waals surface area (Å²) in [5, 5.41) is 19.5. The highest BCUT2D eigenvalue weighted by molar-refractivity contribution is 5.75. The molecule has 0 radical (unpaired) electrons. The molecule has 0 saturated heterocycles. The van der Waals surface area contributed by atoms with Crippen molar-refractivity contribution < 1.29 is 9.34 Å². The van der Waals surface area contributed by atoms with Crippen molar-refractivity contribution in [3.63, 3.8) is 0 Å². The van der Waals surface area contributed by atoms with Crippen molar-refractivity contribution in [1.82, 2.24) is 4.98 Å². The van der Waals surface area contributed by atoms with Crippen molar-refractivity contribution in [3.05, 3.63) is 69.6 Å². The lowest BCUT2D eigenvalue weighted by Gasteiger charge is -1.98. The maximum Gasteiger partial charge on any atom is 0.273 e. The van der Waals surface area contributed by atoms with Gasteiger partial charge in [0.2, 0.25) is 0 Å². The second-order valence-electron chi connectivity index (χ2n) is 4.83. The summed E-state index contributed by atoms with van der Waals surface area (Å²) in [6, 6.07) is 13.8. The Morgan fingerprint density at radius 2 is 1.95 bits per heavy atom. The summed E-state index contributed by atoms with van der Waals surface area (Å²) in [4.78, 5) is 14.6. The minimum absolute atomic E-state index is 0.0118. The fraction of sp³-hybridized carbons (Fsp3) is 0.125. The van der Waals surface area contributed by atoms with Crippen molar-refractivity contribution in [2.24, 2.45) is 0 Å². The van der Waals surface area contributed by atoms with Gasteiger partial charge in [-0.2, -0.15) is 5.26 Å². The molecule has 1 heterocycles. The van der Waals surface area contributed by atoms with Crippen LogP contribution in [0.2, 0.25) is 0 Å². The average Bonchev–Trinajstić information content (AvgIpc) is 2.95. The summed E-state index contributed by atoms with van der Waals surface area (Å²) in [6.07, 6.45) is 1.31. The molecule has 3 rings (SSSR count). The maximum atomic E-state index is 10.7. The average molecular weight is 293 g/mol. The molecule has 0 unspecified atom stereocenters. The van der Waals surface area contributed by atoms with E-state index in [-0.39, 0.29) is 5.69 Å². The number of oxazole rings is 1. The maximum absolute atomic E-state index is 10.7. The second kappa shape index (κ2) is 5.66. The summed E-state index contributed by atoms with van der Waals surface area (Å²) in [5.74, 6) is 0.542. The predicted molar refractivity (Wildman–Crippen MR) is 79.2 cm³/mol. The molecule has 0 N–H and O–H groups in total. The number of non-ortho nitro benzene ring substituents is 1. The molecule has 0 amide bonds. The Kier molecular flexibility index (Phi) is 3.54. The minimum Gasteiger partial charge on any atom is -0.440 e. The highest BCUT2D eigenvalue weighted by Crippen LogP contribution is 2.22. The van der Waals surface area contributed by atoms with E-state index in [1.807, 2.05) is 12.1 Å². The molecule has 3 aromatic rings. The van der Waals surface area contributed by atoms with E-state index in [9.17, 15) is 10.1 Å². The minimum atomic E-state index is -0.460. The number of aryl methyl sites for hydroxylation is 2. The molecule has 1 aromatic heterocycles. The number of rotatable bonds is 4. The molecule has 0 spiro atoms. The quantitative estimate of drug-likeness (QED) is 0.543. The molecule has 0 aliphatic carbocycles. The third-order valence-corrected chi connectivity index (χ3v) is 3.34. The first-order valence-corrected chi connectivity index (χ1v) is 6.68. The van der Waals surface area contributed by atoms with Crippen LogP contribution in [-0.4, -0.2) is 9.91 Å². The van der Waals surface area contributed by atoms with Crippen molar-refractivity contribution in [1.29, 1.82) is 5.26 Å². The molecule has 0 fully saturated rings. The number of nitro groups is 1. The number of nitrogens with zero attached hydrogens (tertiary/aromatic N) is 3. The van der Waals surface area contributed by atoms with E-state index in [1.165, 1.54) is 12.1 Å². The van der Waals surface area contributed by atoms with Gasteiger partial charge in [0.05, 0.1) is 22.6 Å². The number of benzene rings is 2. The van der Waals surface area contributed by atoms with Crippen molar-refractivity contribution in [2.75, 3.05) is 0 Å². The highest BCUT2D eigenvalue weighted by atomic mass is 16.6. The summed E-state index contributed by atoms with van der Waals surface area (Å²) < 4.78 is 5.56. The lowest BCUT2D eigenvalue weighted by atomic mass is 10.1. The number of hydrogen-bond donors (Lipinski definition) is 0. The van der Waals surface area contributed by atoms with Crippen molar-refractivity contribution >= 4 is 16.8 Å². The molecule has 0 aliphatic heterocycles. The molecule has 22 heavy (non-hydrogen) atoms. The molecule has 0 atom stereocenters. The number of fused-ring (bicyclic) bond motifs is 1. The van der Waals surface area contributed by atoms with Crippen molar-refractivity contribution in [3.8, 4) is 6.07 Å². The van der Waals surface area contributed by atoms with E-state index < -0.39 is 4.92 Å². The SMILES string of the molecule is N#Cc1ccc(CCc2nc3ccc([N+](=O)[O-])cc3o2)cc1. The summed E-state index contributed by atoms with van der Waals surface area (Å²) in [6.45, 7) is 0. The number of nitro benzene ring substituents is 1. The Bertz CT molecular complexity index is 876. The van der Waals surface area contributed by atoms with Gasteiger partial charge in [-0.3, -0.25) is 10.1 Å². The summed E-state index contributed by atoms with van der Waals surface area (Å²) in [5.41, 5.74) is 2.72. The van der Waals surface area contributed by atoms with Gasteiger partial charge >= 0.3 is 0 Å². The molecule has 0 aliphatic rings. The van der Waals surface area contributed by atoms with Gasteiger partial charge in [0.1, 0.15) is 5.52 Å². The second-order valence-corrected chi connectivity index (χ2v) is 4.83. The monoisotopic (exact) mass is 293 g/mol. The van der Waals surface area contributed by atoms with Gasteiger partial charge in [-0.1, -0.05) is 12.1 Å². The lowest BCUT2D eigenvalue weighted by molar-refractivity contribution is -0.384. The van der Waals surface area contributed by atoms with Crippen LogP contribution < -0.4 is 0 Å². The van der Waals surface area contributed by atoms with Gasteiger partial charge < -0.3 is 4.42 Å². The van der Waals surface area contributed by atoms with Gasteiger partial charge in [0.15, 0.2) is 11.5 Å². The van der Waals surface area contributed by atoms with E-state index >= 15 is 0 Å². The molecule has 0 saturated carbocycles. The van der Waals surface area contributed by atoms with Crippen LogP contribution in [0.15, 0.2) is 46.9 Å². The van der Waals surface area contributed by atoms with E-state index in [0.717, 1.165) is 12.0 Å². The van der Waals surface area contributed by atoms with Gasteiger partial charge in [-0.25, -0.2) is 4.98 Å². The fourth-order valence-corrected chi connectivity index (χ4v) is 2.18. The van der Waals surface area contributed by atoms with Gasteiger partial charge in [0, 0.05) is 12.5 Å². The van der Waals surface area contributed by atoms with E-state index in [0.29, 0.717) is 29.0 Å². The Labute approximate surface area is 125 Å². The van der Waals surface area contributed by atoms with Crippen LogP contribution in [0, 0.1) is 21.4 Å². The first-order chi connectivity index (χ1) is 10.7. The van der Waals surface area contributed by atoms with Crippen LogP contribution in [0.3, 0.4) is 0 Å². The van der Waals surface area contributed by atoms with Gasteiger partial charge in [-0.05, 0) is 30.2 Å². The molecule has 108 valence electrons. The van der Waals surface area contributed by atoms with Gasteiger partial charge in [-0.15, -0.1) is 0 Å². The summed E-state index contributed by atoms with van der Waals surface area (Å²) >= 11 is 0. The number of nitriles is 1. The predicted octanol–water partition coefficient (Wildman–Crippen LogP) is 3.39. The smallest absolute Gasteiger partial charge is 0.273 e. The third-order valence-electron chi connectivity index (χ3n) is 3.34. The number of aromatic nitrogens is 1. The first-order valence-electron chi connectivity index (χ1n) is 6.68. The molecule has 2 aromatic carbocycles. The van der Waals surface area contributed by atoms with Gasteiger partial charge in [0.25, 0.3) is 5.69 Å². The van der Waals surface area contributed by atoms with Crippen LogP contribution in [0.5, 0.6) is 0 Å². The Morgan fingerprint density at radius 3 is 2.64 bits per heavy atom. The van der Waals surface area contributed by atoms with Crippen LogP contribution in [0.25, 0.3) is 11.1 Å². The molecule has 6 heteroatoms. The third kappa shape index (κ3) is 2.79. The number of hydrogen-bond acceptors (Lipinski definition) is 5. The zero-order valence-corrected chi connectivity index (χ0v) is 11.5. The Hall–Kier alpha value is -3.20. The van der Waals surface area contributed by atoms with Crippen LogP contribution in [0.1, 0.15) is 17.0 Å². The highest BCUT2D eigenvalue weighted by Gasteiger charge is 2.11. The van der Waals surface area contributed by atoms with E-state index in [1.54, 1.807) is 18.2 Å². The lowest BCUT2D eigenvalue weighted by Crippen LogP contribution is -1.91. The zero-order chi connectivity index (χ0) is 15.5. The molecular formula is C16H11N3O3.